The molecule has 1 aliphatic rings. The molecule has 0 aliphatic carbocycles. The number of carbonyl (C=O) groups excluding carboxylic acids is 1. The Morgan fingerprint density at radius 2 is 2.67 bits per heavy atom. The van der Waals surface area contributed by atoms with Gasteiger partial charge in [0.1, 0.15) is 6.29 Å². The Balaban J connectivity index is 2.36. The van der Waals surface area contributed by atoms with Crippen molar-refractivity contribution in [3.8, 4) is 0 Å². The minimum absolute atomic E-state index is 0.627. The van der Waals surface area contributed by atoms with Gasteiger partial charge in [0.15, 0.2) is 0 Å². The number of hydrogen-bond acceptors (Lipinski definition) is 2. The van der Waals surface area contributed by atoms with Gasteiger partial charge in [-0.15, -0.1) is 0 Å². The van der Waals surface area contributed by atoms with Gasteiger partial charge < -0.3 is 10.1 Å². The summed E-state index contributed by atoms with van der Waals surface area (Å²) in [5.74, 6) is 0. The second-order valence-electron chi connectivity index (χ2n) is 2.19. The molecule has 0 unspecified atom stereocenters. The summed E-state index contributed by atoms with van der Waals surface area (Å²) in [6, 6.07) is 0. The Kier molecular flexibility index (Phi) is 2.46. The van der Waals surface area contributed by atoms with Crippen LogP contribution in [0, 0.1) is 0 Å². The third-order valence-corrected chi connectivity index (χ3v) is 1.50. The monoisotopic (exact) mass is 125 g/mol. The highest BCUT2D eigenvalue weighted by Gasteiger charge is 1.99. The van der Waals surface area contributed by atoms with Gasteiger partial charge in [0.05, 0.1) is 0 Å². The van der Waals surface area contributed by atoms with E-state index in [1.54, 1.807) is 0 Å². The maximum atomic E-state index is 10.0. The first-order chi connectivity index (χ1) is 4.43. The first-order valence-corrected chi connectivity index (χ1v) is 3.26. The van der Waals surface area contributed by atoms with Crippen LogP contribution in [0.1, 0.15) is 12.8 Å². The Hall–Kier alpha value is -0.630. The molecule has 0 aromatic rings. The fourth-order valence-electron chi connectivity index (χ4n) is 0.962. The lowest BCUT2D eigenvalue weighted by Crippen LogP contribution is -2.20. The number of hydrogen-bond donors (Lipinski definition) is 1. The molecule has 0 saturated carbocycles. The average Bonchev–Trinajstić information content (AvgIpc) is 1.91. The van der Waals surface area contributed by atoms with Gasteiger partial charge in [-0.2, -0.15) is 0 Å². The van der Waals surface area contributed by atoms with Crippen LogP contribution in [0.2, 0.25) is 0 Å². The zero-order valence-corrected chi connectivity index (χ0v) is 5.39. The van der Waals surface area contributed by atoms with Gasteiger partial charge in [-0.1, -0.05) is 11.6 Å². The minimum Gasteiger partial charge on any atom is -0.313 e. The molecule has 2 heteroatoms. The van der Waals surface area contributed by atoms with E-state index in [0.717, 1.165) is 25.8 Å². The van der Waals surface area contributed by atoms with Crippen LogP contribution in [0.15, 0.2) is 11.6 Å². The summed E-state index contributed by atoms with van der Waals surface area (Å²) in [5.41, 5.74) is 1.28. The molecule has 1 heterocycles. The van der Waals surface area contributed by atoms with E-state index >= 15 is 0 Å². The van der Waals surface area contributed by atoms with Crippen LogP contribution in [-0.2, 0) is 4.79 Å². The number of carbonyl (C=O) groups is 1. The quantitative estimate of drug-likeness (QED) is 0.430. The van der Waals surface area contributed by atoms with Crippen LogP contribution in [0.4, 0.5) is 0 Å². The molecule has 0 saturated heterocycles. The van der Waals surface area contributed by atoms with Crippen molar-refractivity contribution in [2.45, 2.75) is 12.8 Å². The average molecular weight is 125 g/mol. The molecular formula is C7H11NO. The second kappa shape index (κ2) is 3.41. The fraction of sp³-hybridized carbons (Fsp3) is 0.571. The van der Waals surface area contributed by atoms with Gasteiger partial charge in [0.2, 0.25) is 0 Å². The smallest absolute Gasteiger partial charge is 0.124 e. The topological polar surface area (TPSA) is 29.1 Å². The van der Waals surface area contributed by atoms with E-state index < -0.39 is 0 Å². The second-order valence-corrected chi connectivity index (χ2v) is 2.19. The Morgan fingerprint density at radius 3 is 3.22 bits per heavy atom. The standard InChI is InChI=1S/C7H11NO/c9-6-3-7-1-4-8-5-2-7/h1,6,8H,2-5H2. The summed E-state index contributed by atoms with van der Waals surface area (Å²) in [6.45, 7) is 1.96. The maximum Gasteiger partial charge on any atom is 0.124 e. The predicted octanol–water partition coefficient (Wildman–Crippen LogP) is 0.495. The molecule has 0 aromatic heterocycles. The summed E-state index contributed by atoms with van der Waals surface area (Å²) >= 11 is 0. The van der Waals surface area contributed by atoms with Crippen LogP contribution >= 0.6 is 0 Å². The molecule has 9 heavy (non-hydrogen) atoms. The largest absolute Gasteiger partial charge is 0.313 e. The molecule has 2 nitrogen and oxygen atoms in total. The lowest BCUT2D eigenvalue weighted by Gasteiger charge is -2.10. The van der Waals surface area contributed by atoms with Crippen molar-refractivity contribution >= 4 is 6.29 Å². The number of rotatable bonds is 2. The summed E-state index contributed by atoms with van der Waals surface area (Å²) in [6.07, 6.45) is 4.73. The van der Waals surface area contributed by atoms with Crippen molar-refractivity contribution in [3.05, 3.63) is 11.6 Å². The number of nitrogens with one attached hydrogen (secondary N) is 1. The molecule has 1 aliphatic heterocycles. The SMILES string of the molecule is O=CCC1=CCNCC1. The van der Waals surface area contributed by atoms with Gasteiger partial charge in [-0.25, -0.2) is 0 Å². The van der Waals surface area contributed by atoms with Gasteiger partial charge in [-0.05, 0) is 13.0 Å². The van der Waals surface area contributed by atoms with Crippen molar-refractivity contribution in [2.24, 2.45) is 0 Å². The Bertz CT molecular complexity index is 129. The maximum absolute atomic E-state index is 10.0. The molecule has 1 rings (SSSR count). The van der Waals surface area contributed by atoms with Crippen molar-refractivity contribution < 1.29 is 4.79 Å². The van der Waals surface area contributed by atoms with E-state index in [2.05, 4.69) is 11.4 Å². The normalized spacial score (nSPS) is 18.9. The molecule has 0 spiro atoms. The Labute approximate surface area is 54.9 Å². The van der Waals surface area contributed by atoms with Crippen LogP contribution in [0.5, 0.6) is 0 Å². The van der Waals surface area contributed by atoms with Crippen LogP contribution in [0.25, 0.3) is 0 Å². The van der Waals surface area contributed by atoms with Crippen molar-refractivity contribution in [1.82, 2.24) is 5.32 Å². The van der Waals surface area contributed by atoms with E-state index in [1.807, 2.05) is 0 Å². The molecule has 0 aromatic carbocycles. The third kappa shape index (κ3) is 1.98. The van der Waals surface area contributed by atoms with E-state index in [9.17, 15) is 4.79 Å². The molecule has 0 atom stereocenters. The molecular weight excluding hydrogens is 114 g/mol. The third-order valence-electron chi connectivity index (χ3n) is 1.50. The molecule has 0 amide bonds. The zero-order valence-electron chi connectivity index (χ0n) is 5.39. The van der Waals surface area contributed by atoms with Gasteiger partial charge >= 0.3 is 0 Å². The van der Waals surface area contributed by atoms with Crippen LogP contribution in [-0.4, -0.2) is 19.4 Å². The van der Waals surface area contributed by atoms with E-state index in [0.29, 0.717) is 6.42 Å². The van der Waals surface area contributed by atoms with Crippen molar-refractivity contribution in [3.63, 3.8) is 0 Å². The summed E-state index contributed by atoms with van der Waals surface area (Å²) in [7, 11) is 0. The first kappa shape index (κ1) is 6.49. The van der Waals surface area contributed by atoms with E-state index in [1.165, 1.54) is 5.57 Å². The summed E-state index contributed by atoms with van der Waals surface area (Å²) in [4.78, 5) is 10.0. The summed E-state index contributed by atoms with van der Waals surface area (Å²) < 4.78 is 0. The molecule has 50 valence electrons. The zero-order chi connectivity index (χ0) is 6.53. The molecule has 1 N–H and O–H groups in total. The molecule has 0 bridgehead atoms. The lowest BCUT2D eigenvalue weighted by molar-refractivity contribution is -0.107. The lowest BCUT2D eigenvalue weighted by atomic mass is 10.1. The first-order valence-electron chi connectivity index (χ1n) is 3.26. The highest BCUT2D eigenvalue weighted by molar-refractivity contribution is 5.54. The highest BCUT2D eigenvalue weighted by atomic mass is 16.1. The van der Waals surface area contributed by atoms with Crippen molar-refractivity contribution in [2.75, 3.05) is 13.1 Å². The molecule has 0 fully saturated rings. The summed E-state index contributed by atoms with van der Waals surface area (Å²) in [5, 5.41) is 3.18. The van der Waals surface area contributed by atoms with E-state index in [4.69, 9.17) is 0 Å². The van der Waals surface area contributed by atoms with Gasteiger partial charge in [-0.3, -0.25) is 0 Å². The van der Waals surface area contributed by atoms with Gasteiger partial charge in [0, 0.05) is 13.0 Å². The number of aldehydes is 1. The van der Waals surface area contributed by atoms with Crippen LogP contribution < -0.4 is 5.32 Å². The molecule has 0 radical (unpaired) electrons. The van der Waals surface area contributed by atoms with Gasteiger partial charge in [0.25, 0.3) is 0 Å². The highest BCUT2D eigenvalue weighted by Crippen LogP contribution is 2.05. The van der Waals surface area contributed by atoms with Crippen LogP contribution in [0.3, 0.4) is 0 Å². The van der Waals surface area contributed by atoms with Crippen molar-refractivity contribution in [1.29, 1.82) is 0 Å². The predicted molar refractivity (Wildman–Crippen MR) is 36.3 cm³/mol. The fourth-order valence-corrected chi connectivity index (χ4v) is 0.962. The minimum atomic E-state index is 0.627. The Morgan fingerprint density at radius 1 is 1.78 bits per heavy atom. The van der Waals surface area contributed by atoms with E-state index in [-0.39, 0.29) is 0 Å².